The molecule has 1 aliphatic rings. The summed E-state index contributed by atoms with van der Waals surface area (Å²) in [5.41, 5.74) is 2.73. The van der Waals surface area contributed by atoms with Crippen LogP contribution in [-0.2, 0) is 9.47 Å². The number of halogens is 1. The zero-order valence-corrected chi connectivity index (χ0v) is 8.34. The molecule has 1 saturated heterocycles. The first-order valence-electron chi connectivity index (χ1n) is 4.68. The molecule has 0 N–H and O–H groups in total. The van der Waals surface area contributed by atoms with Gasteiger partial charge in [0.05, 0.1) is 13.2 Å². The lowest BCUT2D eigenvalue weighted by Crippen LogP contribution is -2.04. The fourth-order valence-corrected chi connectivity index (χ4v) is 1.82. The molecule has 0 saturated carbocycles. The Hall–Kier alpha value is -0.930. The fourth-order valence-electron chi connectivity index (χ4n) is 1.82. The predicted molar refractivity (Wildman–Crippen MR) is 50.5 cm³/mol. The van der Waals surface area contributed by atoms with Gasteiger partial charge in [0.1, 0.15) is 5.82 Å². The van der Waals surface area contributed by atoms with Gasteiger partial charge in [-0.3, -0.25) is 0 Å². The summed E-state index contributed by atoms with van der Waals surface area (Å²) < 4.78 is 23.8. The molecule has 0 spiro atoms. The van der Waals surface area contributed by atoms with Crippen molar-refractivity contribution in [2.45, 2.75) is 20.1 Å². The van der Waals surface area contributed by atoms with Crippen LogP contribution in [0.25, 0.3) is 0 Å². The topological polar surface area (TPSA) is 18.5 Å². The number of hydrogen-bond acceptors (Lipinski definition) is 2. The highest BCUT2D eigenvalue weighted by Gasteiger charge is 2.22. The first-order chi connectivity index (χ1) is 6.68. The molecule has 1 fully saturated rings. The van der Waals surface area contributed by atoms with Crippen LogP contribution in [0.15, 0.2) is 12.1 Å². The van der Waals surface area contributed by atoms with Gasteiger partial charge in [-0.05, 0) is 37.1 Å². The molecule has 1 aliphatic heterocycles. The van der Waals surface area contributed by atoms with Crippen molar-refractivity contribution >= 4 is 0 Å². The molecular formula is C11H13FO2. The molecule has 14 heavy (non-hydrogen) atoms. The predicted octanol–water partition coefficient (Wildman–Crippen LogP) is 2.49. The standard InChI is InChI=1S/C11H13FO2/c1-7-5-9(12)6-8(2)10(7)11-13-3-4-14-11/h5-6,11H,3-4H2,1-2H3. The van der Waals surface area contributed by atoms with Gasteiger partial charge in [0.25, 0.3) is 0 Å². The third kappa shape index (κ3) is 1.65. The monoisotopic (exact) mass is 196 g/mol. The molecule has 0 atom stereocenters. The van der Waals surface area contributed by atoms with Gasteiger partial charge in [0.15, 0.2) is 6.29 Å². The smallest absolute Gasteiger partial charge is 0.184 e. The summed E-state index contributed by atoms with van der Waals surface area (Å²) in [6.45, 7) is 4.97. The molecule has 3 heteroatoms. The maximum absolute atomic E-state index is 13.0. The van der Waals surface area contributed by atoms with Gasteiger partial charge in [-0.2, -0.15) is 0 Å². The molecule has 1 heterocycles. The van der Waals surface area contributed by atoms with Crippen LogP contribution in [-0.4, -0.2) is 13.2 Å². The van der Waals surface area contributed by atoms with Gasteiger partial charge < -0.3 is 9.47 Å². The van der Waals surface area contributed by atoms with Gasteiger partial charge >= 0.3 is 0 Å². The van der Waals surface area contributed by atoms with E-state index in [9.17, 15) is 4.39 Å². The van der Waals surface area contributed by atoms with E-state index in [1.54, 1.807) is 0 Å². The summed E-state index contributed by atoms with van der Waals surface area (Å²) in [5.74, 6) is -0.207. The molecule has 0 aromatic heterocycles. The van der Waals surface area contributed by atoms with Gasteiger partial charge in [0, 0.05) is 5.56 Å². The van der Waals surface area contributed by atoms with Crippen molar-refractivity contribution in [2.24, 2.45) is 0 Å². The van der Waals surface area contributed by atoms with Gasteiger partial charge in [-0.1, -0.05) is 0 Å². The van der Waals surface area contributed by atoms with E-state index in [1.165, 1.54) is 12.1 Å². The van der Waals surface area contributed by atoms with Crippen LogP contribution in [0.5, 0.6) is 0 Å². The van der Waals surface area contributed by atoms with E-state index < -0.39 is 0 Å². The summed E-state index contributed by atoms with van der Waals surface area (Å²) in [7, 11) is 0. The summed E-state index contributed by atoms with van der Waals surface area (Å²) >= 11 is 0. The summed E-state index contributed by atoms with van der Waals surface area (Å²) in [5, 5.41) is 0. The van der Waals surface area contributed by atoms with E-state index in [2.05, 4.69) is 0 Å². The van der Waals surface area contributed by atoms with Crippen molar-refractivity contribution in [1.29, 1.82) is 0 Å². The van der Waals surface area contributed by atoms with Crippen molar-refractivity contribution in [1.82, 2.24) is 0 Å². The molecule has 0 aliphatic carbocycles. The average molecular weight is 196 g/mol. The van der Waals surface area contributed by atoms with Crippen LogP contribution in [0.4, 0.5) is 4.39 Å². The van der Waals surface area contributed by atoms with E-state index in [0.29, 0.717) is 13.2 Å². The van der Waals surface area contributed by atoms with E-state index in [0.717, 1.165) is 16.7 Å². The van der Waals surface area contributed by atoms with Crippen LogP contribution in [0.3, 0.4) is 0 Å². The van der Waals surface area contributed by atoms with Crippen LogP contribution in [0, 0.1) is 19.7 Å². The zero-order valence-electron chi connectivity index (χ0n) is 8.34. The van der Waals surface area contributed by atoms with Crippen molar-refractivity contribution < 1.29 is 13.9 Å². The van der Waals surface area contributed by atoms with Crippen molar-refractivity contribution in [3.63, 3.8) is 0 Å². The number of aryl methyl sites for hydroxylation is 2. The third-order valence-corrected chi connectivity index (χ3v) is 2.42. The van der Waals surface area contributed by atoms with E-state index >= 15 is 0 Å². The molecular weight excluding hydrogens is 183 g/mol. The fraction of sp³-hybridized carbons (Fsp3) is 0.455. The van der Waals surface area contributed by atoms with Gasteiger partial charge in [-0.25, -0.2) is 4.39 Å². The maximum atomic E-state index is 13.0. The highest BCUT2D eigenvalue weighted by Crippen LogP contribution is 2.29. The van der Waals surface area contributed by atoms with E-state index in [-0.39, 0.29) is 12.1 Å². The lowest BCUT2D eigenvalue weighted by Gasteiger charge is -2.15. The lowest BCUT2D eigenvalue weighted by atomic mass is 10.0. The van der Waals surface area contributed by atoms with Crippen LogP contribution >= 0.6 is 0 Å². The van der Waals surface area contributed by atoms with Gasteiger partial charge in [-0.15, -0.1) is 0 Å². The van der Waals surface area contributed by atoms with Crippen molar-refractivity contribution in [2.75, 3.05) is 13.2 Å². The summed E-state index contributed by atoms with van der Waals surface area (Å²) in [6, 6.07) is 3.01. The first kappa shape index (κ1) is 9.62. The molecule has 1 aromatic rings. The molecule has 2 rings (SSSR count). The Morgan fingerprint density at radius 3 is 2.14 bits per heavy atom. The Labute approximate surface area is 82.6 Å². The first-order valence-corrected chi connectivity index (χ1v) is 4.68. The second-order valence-corrected chi connectivity index (χ2v) is 3.53. The Morgan fingerprint density at radius 2 is 1.64 bits per heavy atom. The highest BCUT2D eigenvalue weighted by atomic mass is 19.1. The highest BCUT2D eigenvalue weighted by molar-refractivity contribution is 5.35. The minimum Gasteiger partial charge on any atom is -0.346 e. The number of hydrogen-bond donors (Lipinski definition) is 0. The minimum atomic E-state index is -0.310. The van der Waals surface area contributed by atoms with Gasteiger partial charge in [0.2, 0.25) is 0 Å². The third-order valence-electron chi connectivity index (χ3n) is 2.42. The SMILES string of the molecule is Cc1cc(F)cc(C)c1C1OCCO1. The van der Waals surface area contributed by atoms with Crippen LogP contribution in [0.2, 0.25) is 0 Å². The average Bonchev–Trinajstić information content (AvgIpc) is 2.54. The van der Waals surface area contributed by atoms with Crippen LogP contribution in [0.1, 0.15) is 23.0 Å². The summed E-state index contributed by atoms with van der Waals surface area (Å²) in [4.78, 5) is 0. The lowest BCUT2D eigenvalue weighted by molar-refractivity contribution is -0.0450. The molecule has 0 radical (unpaired) electrons. The maximum Gasteiger partial charge on any atom is 0.184 e. The van der Waals surface area contributed by atoms with E-state index in [1.807, 2.05) is 13.8 Å². The Balaban J connectivity index is 2.40. The zero-order chi connectivity index (χ0) is 10.1. The Morgan fingerprint density at radius 1 is 1.14 bits per heavy atom. The Kier molecular flexibility index (Phi) is 2.52. The molecule has 0 bridgehead atoms. The molecule has 1 aromatic carbocycles. The molecule has 0 unspecified atom stereocenters. The number of benzene rings is 1. The molecule has 76 valence electrons. The number of rotatable bonds is 1. The van der Waals surface area contributed by atoms with Crippen LogP contribution < -0.4 is 0 Å². The van der Waals surface area contributed by atoms with Crippen molar-refractivity contribution in [3.8, 4) is 0 Å². The van der Waals surface area contributed by atoms with E-state index in [4.69, 9.17) is 9.47 Å². The molecule has 2 nitrogen and oxygen atoms in total. The minimum absolute atomic E-state index is 0.207. The quantitative estimate of drug-likeness (QED) is 0.687. The van der Waals surface area contributed by atoms with Crippen molar-refractivity contribution in [3.05, 3.63) is 34.6 Å². The molecule has 0 amide bonds. The Bertz CT molecular complexity index is 320. The number of ether oxygens (including phenoxy) is 2. The second-order valence-electron chi connectivity index (χ2n) is 3.53. The normalized spacial score (nSPS) is 17.6. The summed E-state index contributed by atoms with van der Waals surface area (Å²) in [6.07, 6.45) is -0.310. The second kappa shape index (κ2) is 3.67. The largest absolute Gasteiger partial charge is 0.346 e.